The second-order valence-electron chi connectivity index (χ2n) is 7.44. The fourth-order valence-electron chi connectivity index (χ4n) is 2.29. The van der Waals surface area contributed by atoms with Gasteiger partial charge in [-0.15, -0.1) is 0 Å². The fraction of sp³-hybridized carbons (Fsp3) is 0.579. The van der Waals surface area contributed by atoms with Crippen LogP contribution in [0.1, 0.15) is 50.0 Å². The van der Waals surface area contributed by atoms with Crippen LogP contribution in [0.15, 0.2) is 24.3 Å². The second-order valence-corrected chi connectivity index (χ2v) is 7.44. The summed E-state index contributed by atoms with van der Waals surface area (Å²) < 4.78 is 0. The van der Waals surface area contributed by atoms with Crippen molar-refractivity contribution in [2.24, 2.45) is 5.92 Å². The van der Waals surface area contributed by atoms with Gasteiger partial charge in [0.1, 0.15) is 6.04 Å². The lowest BCUT2D eigenvalue weighted by atomic mass is 9.98. The molecule has 2 N–H and O–H groups in total. The van der Waals surface area contributed by atoms with Gasteiger partial charge in [-0.05, 0) is 50.3 Å². The first-order chi connectivity index (χ1) is 11.0. The van der Waals surface area contributed by atoms with Gasteiger partial charge in [-0.25, -0.2) is 0 Å². The molecule has 0 aliphatic rings. The molecule has 5 nitrogen and oxygen atoms in total. The smallest absolute Gasteiger partial charge is 0.251 e. The van der Waals surface area contributed by atoms with Gasteiger partial charge in [0.25, 0.3) is 5.91 Å². The largest absolute Gasteiger partial charge is 0.390 e. The van der Waals surface area contributed by atoms with Crippen molar-refractivity contribution in [2.45, 2.75) is 52.2 Å². The number of rotatable bonds is 7. The molecule has 0 unspecified atom stereocenters. The minimum atomic E-state index is -0.701. The quantitative estimate of drug-likeness (QED) is 0.803. The Hall–Kier alpha value is -1.88. The lowest BCUT2D eigenvalue weighted by Crippen LogP contribution is -2.49. The van der Waals surface area contributed by atoms with Crippen molar-refractivity contribution in [3.05, 3.63) is 35.4 Å². The molecule has 0 radical (unpaired) electrons. The van der Waals surface area contributed by atoms with E-state index in [2.05, 4.69) is 5.32 Å². The number of nitrogens with one attached hydrogen (secondary N) is 1. The molecule has 1 aromatic carbocycles. The summed E-state index contributed by atoms with van der Waals surface area (Å²) in [6, 6.07) is 6.75. The van der Waals surface area contributed by atoms with Gasteiger partial charge in [0, 0.05) is 19.7 Å². The van der Waals surface area contributed by atoms with Crippen molar-refractivity contribution in [3.8, 4) is 0 Å². The van der Waals surface area contributed by atoms with E-state index in [4.69, 9.17) is 0 Å². The average molecular weight is 334 g/mol. The first kappa shape index (κ1) is 20.2. The van der Waals surface area contributed by atoms with Crippen LogP contribution in [0.5, 0.6) is 0 Å². The summed E-state index contributed by atoms with van der Waals surface area (Å²) in [5, 5.41) is 12.6. The van der Waals surface area contributed by atoms with Crippen molar-refractivity contribution in [2.75, 3.05) is 14.1 Å². The van der Waals surface area contributed by atoms with E-state index < -0.39 is 11.6 Å². The predicted molar refractivity (Wildman–Crippen MR) is 95.8 cm³/mol. The fourth-order valence-corrected chi connectivity index (χ4v) is 2.29. The van der Waals surface area contributed by atoms with Crippen LogP contribution < -0.4 is 5.32 Å². The van der Waals surface area contributed by atoms with E-state index in [0.29, 0.717) is 12.0 Å². The number of likely N-dealkylation sites (N-methyl/N-ethyl adjacent to an activating group) is 1. The minimum Gasteiger partial charge on any atom is -0.390 e. The number of amides is 2. The summed E-state index contributed by atoms with van der Waals surface area (Å²) in [4.78, 5) is 26.1. The third-order valence-electron chi connectivity index (χ3n) is 3.90. The van der Waals surface area contributed by atoms with E-state index in [1.165, 1.54) is 4.90 Å². The Morgan fingerprint density at radius 3 is 2.12 bits per heavy atom. The third kappa shape index (κ3) is 6.32. The Labute approximate surface area is 145 Å². The molecule has 0 aliphatic heterocycles. The number of carbonyl (C=O) groups excluding carboxylic acids is 2. The van der Waals surface area contributed by atoms with Crippen molar-refractivity contribution >= 4 is 11.8 Å². The highest BCUT2D eigenvalue weighted by molar-refractivity contribution is 5.97. The van der Waals surface area contributed by atoms with E-state index in [1.807, 2.05) is 26.0 Å². The highest BCUT2D eigenvalue weighted by Gasteiger charge is 2.25. The van der Waals surface area contributed by atoms with Gasteiger partial charge in [0.15, 0.2) is 0 Å². The van der Waals surface area contributed by atoms with Gasteiger partial charge >= 0.3 is 0 Å². The maximum Gasteiger partial charge on any atom is 0.251 e. The Morgan fingerprint density at radius 1 is 1.17 bits per heavy atom. The molecule has 0 aliphatic carbocycles. The molecule has 0 saturated heterocycles. The monoisotopic (exact) mass is 334 g/mol. The van der Waals surface area contributed by atoms with Crippen LogP contribution in [0.25, 0.3) is 0 Å². The summed E-state index contributed by atoms with van der Waals surface area (Å²) in [5.74, 6) is -0.354. The summed E-state index contributed by atoms with van der Waals surface area (Å²) in [5.41, 5.74) is 0.894. The lowest BCUT2D eigenvalue weighted by molar-refractivity contribution is -0.131. The van der Waals surface area contributed by atoms with E-state index in [0.717, 1.165) is 12.0 Å². The highest BCUT2D eigenvalue weighted by atomic mass is 16.3. The molecule has 1 atom stereocenters. The number of hydrogen-bond donors (Lipinski definition) is 2. The molecule has 1 rings (SSSR count). The minimum absolute atomic E-state index is 0.00917. The molecule has 0 spiro atoms. The topological polar surface area (TPSA) is 69.6 Å². The number of carbonyl (C=O) groups is 2. The normalized spacial score (nSPS) is 12.8. The van der Waals surface area contributed by atoms with Gasteiger partial charge < -0.3 is 15.3 Å². The summed E-state index contributed by atoms with van der Waals surface area (Å²) in [7, 11) is 3.36. The van der Waals surface area contributed by atoms with E-state index >= 15 is 0 Å². The Morgan fingerprint density at radius 2 is 1.71 bits per heavy atom. The zero-order valence-corrected chi connectivity index (χ0v) is 15.6. The average Bonchev–Trinajstić information content (AvgIpc) is 2.49. The SMILES string of the molecule is CC(C)[C@H](NC(=O)c1ccc(CCC(C)(C)O)cc1)C(=O)N(C)C. The third-order valence-corrected chi connectivity index (χ3v) is 3.90. The zero-order valence-electron chi connectivity index (χ0n) is 15.6. The van der Waals surface area contributed by atoms with Crippen LogP contribution in [0.4, 0.5) is 0 Å². The van der Waals surface area contributed by atoms with Crippen molar-refractivity contribution in [3.63, 3.8) is 0 Å². The van der Waals surface area contributed by atoms with E-state index in [-0.39, 0.29) is 17.7 Å². The van der Waals surface area contributed by atoms with Crippen LogP contribution in [0.3, 0.4) is 0 Å². The molecule has 0 bridgehead atoms. The summed E-state index contributed by atoms with van der Waals surface area (Å²) in [6.45, 7) is 7.38. The molecule has 0 aromatic heterocycles. The van der Waals surface area contributed by atoms with Crippen LogP contribution in [-0.4, -0.2) is 47.6 Å². The number of benzene rings is 1. The van der Waals surface area contributed by atoms with Gasteiger partial charge in [-0.3, -0.25) is 9.59 Å². The number of aliphatic hydroxyl groups is 1. The second kappa shape index (κ2) is 8.29. The maximum atomic E-state index is 12.4. The number of nitrogens with zero attached hydrogens (tertiary/aromatic N) is 1. The number of hydrogen-bond acceptors (Lipinski definition) is 3. The van der Waals surface area contributed by atoms with Crippen molar-refractivity contribution in [1.82, 2.24) is 10.2 Å². The van der Waals surface area contributed by atoms with Gasteiger partial charge in [-0.2, -0.15) is 0 Å². The Kier molecular flexibility index (Phi) is 6.96. The Balaban J connectivity index is 2.75. The van der Waals surface area contributed by atoms with Crippen LogP contribution in [0.2, 0.25) is 0 Å². The molecule has 2 amide bonds. The van der Waals surface area contributed by atoms with Crippen molar-refractivity contribution < 1.29 is 14.7 Å². The van der Waals surface area contributed by atoms with Gasteiger partial charge in [0.05, 0.1) is 5.60 Å². The molecular weight excluding hydrogens is 304 g/mol. The molecule has 134 valence electrons. The molecule has 0 fully saturated rings. The molecular formula is C19H30N2O3. The molecule has 1 aromatic rings. The Bertz CT molecular complexity index is 557. The first-order valence-electron chi connectivity index (χ1n) is 8.34. The zero-order chi connectivity index (χ0) is 18.5. The van der Waals surface area contributed by atoms with Gasteiger partial charge in [-0.1, -0.05) is 26.0 Å². The molecule has 0 saturated carbocycles. The lowest BCUT2D eigenvalue weighted by Gasteiger charge is -2.24. The first-order valence-corrected chi connectivity index (χ1v) is 8.34. The van der Waals surface area contributed by atoms with Gasteiger partial charge in [0.2, 0.25) is 5.91 Å². The maximum absolute atomic E-state index is 12.4. The van der Waals surface area contributed by atoms with E-state index in [1.54, 1.807) is 40.1 Å². The van der Waals surface area contributed by atoms with Crippen LogP contribution in [0, 0.1) is 5.92 Å². The van der Waals surface area contributed by atoms with Crippen LogP contribution >= 0.6 is 0 Å². The highest BCUT2D eigenvalue weighted by Crippen LogP contribution is 2.14. The van der Waals surface area contributed by atoms with Crippen molar-refractivity contribution in [1.29, 1.82) is 0 Å². The standard InChI is InChI=1S/C19H30N2O3/c1-13(2)16(18(23)21(5)6)20-17(22)15-9-7-14(8-10-15)11-12-19(3,4)24/h7-10,13,16,24H,11-12H2,1-6H3,(H,20,22)/t16-/m0/s1. The van der Waals surface area contributed by atoms with E-state index in [9.17, 15) is 14.7 Å². The molecule has 0 heterocycles. The molecule has 5 heteroatoms. The summed E-state index contributed by atoms with van der Waals surface area (Å²) >= 11 is 0. The predicted octanol–water partition coefficient (Wildman–Crippen LogP) is 2.23. The molecule has 24 heavy (non-hydrogen) atoms. The number of aryl methyl sites for hydroxylation is 1. The summed E-state index contributed by atoms with van der Waals surface area (Å²) in [6.07, 6.45) is 1.41. The van der Waals surface area contributed by atoms with Crippen LogP contribution in [-0.2, 0) is 11.2 Å².